The molecule has 0 aliphatic carbocycles. The minimum Gasteiger partial charge on any atom is -0.481 e. The number of rotatable bonds is 5. The van der Waals surface area contributed by atoms with Gasteiger partial charge in [0.25, 0.3) is 0 Å². The molecule has 122 valence electrons. The molecular formula is C14H16F3NO4. The van der Waals surface area contributed by atoms with Crippen molar-refractivity contribution < 1.29 is 33.0 Å². The van der Waals surface area contributed by atoms with E-state index in [2.05, 4.69) is 0 Å². The van der Waals surface area contributed by atoms with Gasteiger partial charge in [0.1, 0.15) is 0 Å². The van der Waals surface area contributed by atoms with Crippen LogP contribution in [0, 0.1) is 0 Å². The number of carboxylic acids is 2. The van der Waals surface area contributed by atoms with Crippen LogP contribution in [-0.4, -0.2) is 34.4 Å². The summed E-state index contributed by atoms with van der Waals surface area (Å²) in [5.41, 5.74) is 6.97. The van der Waals surface area contributed by atoms with E-state index < -0.39 is 18.1 Å². The Bertz CT molecular complexity index is 501. The monoisotopic (exact) mass is 319 g/mol. The first-order valence-electron chi connectivity index (χ1n) is 6.11. The quantitative estimate of drug-likeness (QED) is 0.723. The zero-order chi connectivity index (χ0) is 17.2. The average molecular weight is 319 g/mol. The Morgan fingerprint density at radius 3 is 2.09 bits per heavy atom. The molecule has 0 bridgehead atoms. The number of carboxylic acid groups (broad SMARTS) is 2. The van der Waals surface area contributed by atoms with Crippen molar-refractivity contribution in [2.45, 2.75) is 25.1 Å². The predicted molar refractivity (Wildman–Crippen MR) is 73.2 cm³/mol. The molecule has 0 amide bonds. The normalized spacial score (nSPS) is 12.4. The van der Waals surface area contributed by atoms with Gasteiger partial charge in [-0.3, -0.25) is 4.79 Å². The predicted octanol–water partition coefficient (Wildman–Crippen LogP) is 2.22. The lowest BCUT2D eigenvalue weighted by molar-refractivity contribution is -0.192. The van der Waals surface area contributed by atoms with Gasteiger partial charge in [0.05, 0.1) is 6.42 Å². The van der Waals surface area contributed by atoms with E-state index in [0.29, 0.717) is 0 Å². The Labute approximate surface area is 124 Å². The summed E-state index contributed by atoms with van der Waals surface area (Å²) in [4.78, 5) is 19.1. The highest BCUT2D eigenvalue weighted by molar-refractivity contribution is 5.73. The molecule has 0 spiro atoms. The van der Waals surface area contributed by atoms with Crippen LogP contribution in [0.3, 0.4) is 0 Å². The Kier molecular flexibility index (Phi) is 8.54. The van der Waals surface area contributed by atoms with E-state index >= 15 is 0 Å². The smallest absolute Gasteiger partial charge is 0.481 e. The highest BCUT2D eigenvalue weighted by Crippen LogP contribution is 2.13. The topological polar surface area (TPSA) is 101 Å². The molecule has 1 aromatic carbocycles. The van der Waals surface area contributed by atoms with Gasteiger partial charge >= 0.3 is 18.1 Å². The summed E-state index contributed by atoms with van der Waals surface area (Å²) in [5, 5.41) is 15.5. The third-order valence-electron chi connectivity index (χ3n) is 2.23. The van der Waals surface area contributed by atoms with Crippen LogP contribution in [0.25, 0.3) is 0 Å². The van der Waals surface area contributed by atoms with Gasteiger partial charge in [-0.15, -0.1) is 0 Å². The van der Waals surface area contributed by atoms with Crippen LogP contribution in [-0.2, 0) is 16.0 Å². The third-order valence-corrected chi connectivity index (χ3v) is 2.23. The molecule has 0 fully saturated rings. The number of halogens is 3. The largest absolute Gasteiger partial charge is 0.490 e. The summed E-state index contributed by atoms with van der Waals surface area (Å²) in [6.45, 7) is 0. The fourth-order valence-corrected chi connectivity index (χ4v) is 1.30. The molecule has 0 aliphatic rings. The van der Waals surface area contributed by atoms with E-state index in [-0.39, 0.29) is 12.5 Å². The van der Waals surface area contributed by atoms with Crippen LogP contribution < -0.4 is 5.73 Å². The van der Waals surface area contributed by atoms with Crippen molar-refractivity contribution in [1.29, 1.82) is 0 Å². The highest BCUT2D eigenvalue weighted by atomic mass is 19.4. The number of hydrogen-bond donors (Lipinski definition) is 3. The molecule has 5 nitrogen and oxygen atoms in total. The van der Waals surface area contributed by atoms with Crippen molar-refractivity contribution in [2.75, 3.05) is 0 Å². The van der Waals surface area contributed by atoms with Crippen LogP contribution in [0.5, 0.6) is 0 Å². The van der Waals surface area contributed by atoms with Crippen molar-refractivity contribution in [1.82, 2.24) is 0 Å². The molecule has 8 heteroatoms. The average Bonchev–Trinajstić information content (AvgIpc) is 2.39. The van der Waals surface area contributed by atoms with Gasteiger partial charge in [0.2, 0.25) is 0 Å². The molecule has 22 heavy (non-hydrogen) atoms. The van der Waals surface area contributed by atoms with E-state index in [0.717, 1.165) is 12.0 Å². The molecule has 0 radical (unpaired) electrons. The van der Waals surface area contributed by atoms with Gasteiger partial charge < -0.3 is 15.9 Å². The minimum absolute atomic E-state index is 0.0302. The SMILES string of the molecule is N[C@H](/C=C\CC(=O)O)Cc1ccccc1.O=C(O)C(F)(F)F. The van der Waals surface area contributed by atoms with Crippen LogP contribution >= 0.6 is 0 Å². The van der Waals surface area contributed by atoms with Gasteiger partial charge in [-0.2, -0.15) is 13.2 Å². The van der Waals surface area contributed by atoms with Crippen molar-refractivity contribution in [3.63, 3.8) is 0 Å². The van der Waals surface area contributed by atoms with Crippen LogP contribution in [0.1, 0.15) is 12.0 Å². The lowest BCUT2D eigenvalue weighted by Crippen LogP contribution is -2.21. The van der Waals surface area contributed by atoms with Gasteiger partial charge in [0.15, 0.2) is 0 Å². The Balaban J connectivity index is 0.000000534. The molecule has 0 aromatic heterocycles. The first-order valence-corrected chi connectivity index (χ1v) is 6.11. The molecule has 1 rings (SSSR count). The lowest BCUT2D eigenvalue weighted by atomic mass is 10.1. The maximum atomic E-state index is 10.6. The lowest BCUT2D eigenvalue weighted by Gasteiger charge is -2.05. The Hall–Kier alpha value is -2.35. The summed E-state index contributed by atoms with van der Waals surface area (Å²) >= 11 is 0. The standard InChI is InChI=1S/C12H15NO2.C2HF3O2/c13-11(7-4-8-12(14)15)9-10-5-2-1-3-6-10;3-2(4,5)1(6)7/h1-7,11H,8-9,13H2,(H,14,15);(H,6,7)/b7-4-;/t11-;/m1./s1. The van der Waals surface area contributed by atoms with Gasteiger partial charge in [-0.25, -0.2) is 4.79 Å². The van der Waals surface area contributed by atoms with E-state index in [1.165, 1.54) is 0 Å². The molecule has 0 aliphatic heterocycles. The van der Waals surface area contributed by atoms with Gasteiger partial charge in [0, 0.05) is 6.04 Å². The molecule has 1 atom stereocenters. The van der Waals surface area contributed by atoms with E-state index in [9.17, 15) is 18.0 Å². The fourth-order valence-electron chi connectivity index (χ4n) is 1.30. The number of nitrogens with two attached hydrogens (primary N) is 1. The Morgan fingerprint density at radius 2 is 1.68 bits per heavy atom. The molecule has 0 heterocycles. The maximum absolute atomic E-state index is 10.6. The molecule has 1 aromatic rings. The van der Waals surface area contributed by atoms with E-state index in [1.54, 1.807) is 12.2 Å². The second-order valence-electron chi connectivity index (χ2n) is 4.18. The van der Waals surface area contributed by atoms with E-state index in [1.807, 2.05) is 30.3 Å². The summed E-state index contributed by atoms with van der Waals surface area (Å²) < 4.78 is 31.7. The zero-order valence-corrected chi connectivity index (χ0v) is 11.5. The van der Waals surface area contributed by atoms with Crippen molar-refractivity contribution in [2.24, 2.45) is 5.73 Å². The molecule has 4 N–H and O–H groups in total. The number of carbonyl (C=O) groups is 2. The Morgan fingerprint density at radius 1 is 1.18 bits per heavy atom. The highest BCUT2D eigenvalue weighted by Gasteiger charge is 2.38. The third kappa shape index (κ3) is 10.4. The van der Waals surface area contributed by atoms with Crippen LogP contribution in [0.4, 0.5) is 13.2 Å². The number of hydrogen-bond acceptors (Lipinski definition) is 3. The van der Waals surface area contributed by atoms with Crippen molar-refractivity contribution in [3.8, 4) is 0 Å². The van der Waals surface area contributed by atoms with Crippen molar-refractivity contribution in [3.05, 3.63) is 48.0 Å². The fraction of sp³-hybridized carbons (Fsp3) is 0.286. The second-order valence-corrected chi connectivity index (χ2v) is 4.18. The first-order chi connectivity index (χ1) is 10.1. The minimum atomic E-state index is -5.08. The van der Waals surface area contributed by atoms with E-state index in [4.69, 9.17) is 20.7 Å². The summed E-state index contributed by atoms with van der Waals surface area (Å²) in [5.74, 6) is -3.59. The number of benzene rings is 1. The summed E-state index contributed by atoms with van der Waals surface area (Å²) in [6.07, 6.45) is -0.990. The summed E-state index contributed by atoms with van der Waals surface area (Å²) in [6, 6.07) is 9.77. The van der Waals surface area contributed by atoms with Gasteiger partial charge in [-0.1, -0.05) is 42.5 Å². The van der Waals surface area contributed by atoms with Crippen LogP contribution in [0.15, 0.2) is 42.5 Å². The van der Waals surface area contributed by atoms with Crippen molar-refractivity contribution >= 4 is 11.9 Å². The number of alkyl halides is 3. The molecular weight excluding hydrogens is 303 g/mol. The number of aliphatic carboxylic acids is 2. The molecule has 0 saturated heterocycles. The van der Waals surface area contributed by atoms with Crippen LogP contribution in [0.2, 0.25) is 0 Å². The molecule has 0 unspecified atom stereocenters. The second kappa shape index (κ2) is 9.56. The maximum Gasteiger partial charge on any atom is 0.490 e. The van der Waals surface area contributed by atoms with Gasteiger partial charge in [-0.05, 0) is 12.0 Å². The summed E-state index contributed by atoms with van der Waals surface area (Å²) in [7, 11) is 0. The molecule has 0 saturated carbocycles. The zero-order valence-electron chi connectivity index (χ0n) is 11.5. The first kappa shape index (κ1) is 19.7.